The molecule has 0 aliphatic carbocycles. The van der Waals surface area contributed by atoms with Gasteiger partial charge in [-0.15, -0.1) is 5.10 Å². The van der Waals surface area contributed by atoms with Crippen molar-refractivity contribution in [2.45, 2.75) is 19.6 Å². The topological polar surface area (TPSA) is 112 Å². The van der Waals surface area contributed by atoms with E-state index in [-0.39, 0.29) is 0 Å². The predicted octanol–water partition coefficient (Wildman–Crippen LogP) is 1.15. The van der Waals surface area contributed by atoms with Gasteiger partial charge in [0.2, 0.25) is 11.6 Å². The van der Waals surface area contributed by atoms with Crippen molar-refractivity contribution in [1.29, 1.82) is 0 Å². The molecule has 0 saturated carbocycles. The number of H-pyrrole nitrogens is 1. The number of nitrogens with one attached hydrogen (secondary N) is 3. The van der Waals surface area contributed by atoms with Crippen LogP contribution in [0.2, 0.25) is 0 Å². The van der Waals surface area contributed by atoms with Crippen molar-refractivity contribution >= 4 is 22.9 Å². The van der Waals surface area contributed by atoms with E-state index in [0.29, 0.717) is 36.0 Å². The molecular formula is C14H17N7O. The molecule has 4 N–H and O–H groups in total. The summed E-state index contributed by atoms with van der Waals surface area (Å²) in [7, 11) is 0. The van der Waals surface area contributed by atoms with Crippen LogP contribution in [0.5, 0.6) is 0 Å². The van der Waals surface area contributed by atoms with Crippen LogP contribution in [0.3, 0.4) is 0 Å². The van der Waals surface area contributed by atoms with Crippen LogP contribution in [0, 0.1) is 0 Å². The molecule has 0 spiro atoms. The van der Waals surface area contributed by atoms with Gasteiger partial charge in [-0.05, 0) is 12.5 Å². The second-order valence-corrected chi connectivity index (χ2v) is 4.96. The number of nitrogens with zero attached hydrogens (tertiary/aromatic N) is 4. The first-order valence-corrected chi connectivity index (χ1v) is 7.00. The fraction of sp³-hybridized carbons (Fsp3) is 0.286. The van der Waals surface area contributed by atoms with Crippen LogP contribution in [0.15, 0.2) is 30.3 Å². The number of aromatic nitrogens is 5. The Labute approximate surface area is 127 Å². The number of anilines is 2. The zero-order valence-electron chi connectivity index (χ0n) is 12.1. The first-order chi connectivity index (χ1) is 10.7. The maximum Gasteiger partial charge on any atom is 0.227 e. The van der Waals surface area contributed by atoms with Crippen LogP contribution in [0.1, 0.15) is 12.5 Å². The Morgan fingerprint density at radius 2 is 1.95 bits per heavy atom. The molecule has 2 aromatic heterocycles. The molecule has 0 aliphatic heterocycles. The lowest BCUT2D eigenvalue weighted by atomic mass is 10.2. The average molecular weight is 299 g/mol. The Hall–Kier alpha value is -2.74. The average Bonchev–Trinajstić information content (AvgIpc) is 3.00. The van der Waals surface area contributed by atoms with Crippen LogP contribution in [0.25, 0.3) is 11.2 Å². The molecule has 114 valence electrons. The molecule has 0 radical (unpaired) electrons. The SMILES string of the molecule is CC(O)CNc1nc(NCc2ccccc2)c2n[nH]nc2n1. The van der Waals surface area contributed by atoms with Gasteiger partial charge in [-0.1, -0.05) is 30.3 Å². The van der Waals surface area contributed by atoms with Gasteiger partial charge < -0.3 is 15.7 Å². The van der Waals surface area contributed by atoms with Gasteiger partial charge in [0.25, 0.3) is 0 Å². The van der Waals surface area contributed by atoms with Crippen molar-refractivity contribution in [3.8, 4) is 0 Å². The highest BCUT2D eigenvalue weighted by molar-refractivity contribution is 5.82. The number of aliphatic hydroxyl groups excluding tert-OH is 1. The summed E-state index contributed by atoms with van der Waals surface area (Å²) in [6.45, 7) is 2.67. The minimum Gasteiger partial charge on any atom is -0.392 e. The smallest absolute Gasteiger partial charge is 0.227 e. The van der Waals surface area contributed by atoms with E-state index in [1.807, 2.05) is 30.3 Å². The Morgan fingerprint density at radius 1 is 1.14 bits per heavy atom. The molecule has 8 heteroatoms. The molecule has 0 bridgehead atoms. The standard InChI is InChI=1S/C14H17N7O/c1-9(22)7-16-14-17-12(11-13(18-14)20-21-19-11)15-8-10-5-3-2-4-6-10/h2-6,9,22H,7-8H2,1H3,(H3,15,16,17,18,19,20,21). The summed E-state index contributed by atoms with van der Waals surface area (Å²) >= 11 is 0. The number of aliphatic hydroxyl groups is 1. The number of hydrogen-bond acceptors (Lipinski definition) is 7. The third kappa shape index (κ3) is 3.29. The third-order valence-electron chi connectivity index (χ3n) is 3.04. The first kappa shape index (κ1) is 14.2. The van der Waals surface area contributed by atoms with Gasteiger partial charge in [-0.3, -0.25) is 0 Å². The maximum absolute atomic E-state index is 9.34. The van der Waals surface area contributed by atoms with E-state index >= 15 is 0 Å². The van der Waals surface area contributed by atoms with Crippen LogP contribution >= 0.6 is 0 Å². The molecule has 22 heavy (non-hydrogen) atoms. The van der Waals surface area contributed by atoms with Crippen molar-refractivity contribution in [1.82, 2.24) is 25.4 Å². The molecular weight excluding hydrogens is 282 g/mol. The van der Waals surface area contributed by atoms with E-state index in [1.54, 1.807) is 6.92 Å². The lowest BCUT2D eigenvalue weighted by Gasteiger charge is -2.10. The predicted molar refractivity (Wildman–Crippen MR) is 83.4 cm³/mol. The van der Waals surface area contributed by atoms with Gasteiger partial charge in [0, 0.05) is 13.1 Å². The minimum atomic E-state index is -0.489. The van der Waals surface area contributed by atoms with Gasteiger partial charge in [-0.25, -0.2) is 0 Å². The molecule has 0 amide bonds. The summed E-state index contributed by atoms with van der Waals surface area (Å²) < 4.78 is 0. The zero-order chi connectivity index (χ0) is 15.4. The van der Waals surface area contributed by atoms with Gasteiger partial charge in [0.1, 0.15) is 0 Å². The summed E-state index contributed by atoms with van der Waals surface area (Å²) in [5, 5.41) is 26.2. The summed E-state index contributed by atoms with van der Waals surface area (Å²) in [4.78, 5) is 8.64. The van der Waals surface area contributed by atoms with E-state index in [1.165, 1.54) is 0 Å². The van der Waals surface area contributed by atoms with Crippen molar-refractivity contribution in [3.05, 3.63) is 35.9 Å². The highest BCUT2D eigenvalue weighted by Crippen LogP contribution is 2.18. The van der Waals surface area contributed by atoms with Crippen LogP contribution in [-0.2, 0) is 6.54 Å². The van der Waals surface area contributed by atoms with Gasteiger partial charge in [-0.2, -0.15) is 20.3 Å². The van der Waals surface area contributed by atoms with Gasteiger partial charge in [0.15, 0.2) is 11.3 Å². The van der Waals surface area contributed by atoms with E-state index in [9.17, 15) is 5.11 Å². The van der Waals surface area contributed by atoms with Gasteiger partial charge >= 0.3 is 0 Å². The van der Waals surface area contributed by atoms with Gasteiger partial charge in [0.05, 0.1) is 6.10 Å². The minimum absolute atomic E-state index is 0.363. The number of benzene rings is 1. The van der Waals surface area contributed by atoms with Crippen molar-refractivity contribution in [2.24, 2.45) is 0 Å². The summed E-state index contributed by atoms with van der Waals surface area (Å²) in [5.74, 6) is 0.994. The number of aromatic amines is 1. The van der Waals surface area contributed by atoms with Crippen LogP contribution < -0.4 is 10.6 Å². The molecule has 1 atom stereocenters. The molecule has 1 aromatic carbocycles. The largest absolute Gasteiger partial charge is 0.392 e. The quantitative estimate of drug-likeness (QED) is 0.540. The molecule has 3 aromatic rings. The van der Waals surface area contributed by atoms with Crippen molar-refractivity contribution in [2.75, 3.05) is 17.2 Å². The van der Waals surface area contributed by atoms with Crippen molar-refractivity contribution in [3.63, 3.8) is 0 Å². The molecule has 3 rings (SSSR count). The van der Waals surface area contributed by atoms with Crippen molar-refractivity contribution < 1.29 is 5.11 Å². The lowest BCUT2D eigenvalue weighted by Crippen LogP contribution is -2.17. The molecule has 2 heterocycles. The van der Waals surface area contributed by atoms with E-state index in [4.69, 9.17) is 0 Å². The van der Waals surface area contributed by atoms with E-state index in [2.05, 4.69) is 36.0 Å². The Kier molecular flexibility index (Phi) is 4.10. The van der Waals surface area contributed by atoms with Crippen LogP contribution in [0.4, 0.5) is 11.8 Å². The number of fused-ring (bicyclic) bond motifs is 1. The highest BCUT2D eigenvalue weighted by Gasteiger charge is 2.11. The summed E-state index contributed by atoms with van der Waals surface area (Å²) in [5.41, 5.74) is 2.19. The molecule has 1 unspecified atom stereocenters. The zero-order valence-corrected chi connectivity index (χ0v) is 12.1. The van der Waals surface area contributed by atoms with Crippen LogP contribution in [-0.4, -0.2) is 43.1 Å². The molecule has 0 fully saturated rings. The normalized spacial score (nSPS) is 12.3. The fourth-order valence-electron chi connectivity index (χ4n) is 1.97. The highest BCUT2D eigenvalue weighted by atomic mass is 16.3. The second-order valence-electron chi connectivity index (χ2n) is 4.96. The Bertz CT molecular complexity index is 741. The molecule has 0 saturated heterocycles. The van der Waals surface area contributed by atoms with E-state index < -0.39 is 6.10 Å². The number of rotatable bonds is 6. The monoisotopic (exact) mass is 299 g/mol. The lowest BCUT2D eigenvalue weighted by molar-refractivity contribution is 0.208. The summed E-state index contributed by atoms with van der Waals surface area (Å²) in [6, 6.07) is 10.0. The summed E-state index contributed by atoms with van der Waals surface area (Å²) in [6.07, 6.45) is -0.489. The van der Waals surface area contributed by atoms with E-state index in [0.717, 1.165) is 5.56 Å². The molecule has 0 aliphatic rings. The third-order valence-corrected chi connectivity index (χ3v) is 3.04. The maximum atomic E-state index is 9.34. The second kappa shape index (κ2) is 6.35. The fourth-order valence-corrected chi connectivity index (χ4v) is 1.97. The molecule has 8 nitrogen and oxygen atoms in total. The first-order valence-electron chi connectivity index (χ1n) is 7.00. The number of hydrogen-bond donors (Lipinski definition) is 4. The Balaban J connectivity index is 1.82. The Morgan fingerprint density at radius 3 is 2.73 bits per heavy atom.